The lowest BCUT2D eigenvalue weighted by atomic mass is 10.0. The van der Waals surface area contributed by atoms with Crippen molar-refractivity contribution in [3.63, 3.8) is 0 Å². The lowest BCUT2D eigenvalue weighted by Gasteiger charge is -2.09. The zero-order valence-electron chi connectivity index (χ0n) is 32.9. The van der Waals surface area contributed by atoms with E-state index in [0.717, 1.165) is 12.8 Å². The van der Waals surface area contributed by atoms with E-state index < -0.39 is 0 Å². The highest BCUT2D eigenvalue weighted by molar-refractivity contribution is 6.27. The highest BCUT2D eigenvalue weighted by Gasteiger charge is 2.27. The first-order chi connectivity index (χ1) is 26.8. The molecule has 0 saturated heterocycles. The fourth-order valence-corrected chi connectivity index (χ4v) is 9.02. The van der Waals surface area contributed by atoms with Crippen molar-refractivity contribution in [3.05, 3.63) is 108 Å². The number of para-hydroxylation sites is 2. The third kappa shape index (κ3) is 7.37. The van der Waals surface area contributed by atoms with E-state index in [1.807, 2.05) is 0 Å². The molecule has 4 aromatic carbocycles. The number of aryl methyl sites for hydroxylation is 2. The molecule has 0 amide bonds. The van der Waals surface area contributed by atoms with Crippen LogP contribution in [0.3, 0.4) is 0 Å². The lowest BCUT2D eigenvalue weighted by Crippen LogP contribution is -1.95. The maximum absolute atomic E-state index is 3.90. The van der Waals surface area contributed by atoms with Crippen molar-refractivity contribution in [2.24, 2.45) is 0 Å². The van der Waals surface area contributed by atoms with Crippen molar-refractivity contribution in [3.8, 4) is 11.4 Å². The molecule has 4 aromatic heterocycles. The fourth-order valence-electron chi connectivity index (χ4n) is 9.02. The summed E-state index contributed by atoms with van der Waals surface area (Å²) in [4.78, 5) is 7.80. The molecule has 2 N–H and O–H groups in total. The average molecular weight is 717 g/mol. The standard InChI is InChI=1S/C50H60N4/c1-3-5-7-9-11-13-15-17-23-37-29-33-39(34-30-37)53-47-41-25-19-21-27-43(41)51-45(47)50-49(53)46-48(42-26-20-22-28-44(42)52-46)54(50)40-35-31-38(32-36-40)24-18-16-14-12-10-8-6-4-2/h19-22,25-36,51-52H,3-18,23-24H2,1-2H3. The molecule has 0 fully saturated rings. The highest BCUT2D eigenvalue weighted by atomic mass is 15.1. The average Bonchev–Trinajstić information content (AvgIpc) is 3.94. The van der Waals surface area contributed by atoms with Gasteiger partial charge in [-0.15, -0.1) is 0 Å². The summed E-state index contributed by atoms with van der Waals surface area (Å²) in [6.07, 6.45) is 24.0. The van der Waals surface area contributed by atoms with Crippen LogP contribution in [-0.4, -0.2) is 19.1 Å². The molecule has 54 heavy (non-hydrogen) atoms. The number of nitrogens with zero attached hydrogens (tertiary/aromatic N) is 2. The van der Waals surface area contributed by atoms with Gasteiger partial charge in [0.2, 0.25) is 0 Å². The van der Waals surface area contributed by atoms with Crippen molar-refractivity contribution in [1.82, 2.24) is 19.1 Å². The Labute approximate surface area is 322 Å². The minimum Gasteiger partial charge on any atom is -0.351 e. The van der Waals surface area contributed by atoms with Crippen molar-refractivity contribution >= 4 is 54.9 Å². The number of unbranched alkanes of at least 4 members (excludes halogenated alkanes) is 14. The Morgan fingerprint density at radius 2 is 0.722 bits per heavy atom. The van der Waals surface area contributed by atoms with Crippen LogP contribution in [0, 0.1) is 0 Å². The number of rotatable bonds is 20. The van der Waals surface area contributed by atoms with Gasteiger partial charge in [-0.3, -0.25) is 0 Å². The highest BCUT2D eigenvalue weighted by Crippen LogP contribution is 2.44. The van der Waals surface area contributed by atoms with E-state index in [1.54, 1.807) is 0 Å². The van der Waals surface area contributed by atoms with Gasteiger partial charge in [0.1, 0.15) is 0 Å². The Morgan fingerprint density at radius 1 is 0.370 bits per heavy atom. The first-order valence-electron chi connectivity index (χ1n) is 21.5. The minimum absolute atomic E-state index is 1.15. The fraction of sp³-hybridized carbons (Fsp3) is 0.400. The SMILES string of the molecule is CCCCCCCCCCc1ccc(-n2c3c4ccccc4[nH]c3c3c2c2[nH]c4ccccc4c2n3-c2ccc(CCCCCCCCCC)cc2)cc1. The van der Waals surface area contributed by atoms with Crippen LogP contribution in [0.1, 0.15) is 128 Å². The molecule has 4 nitrogen and oxygen atoms in total. The number of benzene rings is 4. The van der Waals surface area contributed by atoms with Crippen molar-refractivity contribution in [2.75, 3.05) is 0 Å². The second-order valence-electron chi connectivity index (χ2n) is 15.9. The quantitative estimate of drug-likeness (QED) is 0.0738. The maximum atomic E-state index is 3.90. The molecule has 8 aromatic rings. The molecule has 0 aliphatic rings. The lowest BCUT2D eigenvalue weighted by molar-refractivity contribution is 0.575. The number of fused-ring (bicyclic) bond motifs is 9. The summed E-state index contributed by atoms with van der Waals surface area (Å²) in [6.45, 7) is 4.59. The molecule has 0 spiro atoms. The van der Waals surface area contributed by atoms with Crippen LogP contribution >= 0.6 is 0 Å². The molecule has 0 aliphatic carbocycles. The van der Waals surface area contributed by atoms with Crippen LogP contribution in [0.25, 0.3) is 66.3 Å². The van der Waals surface area contributed by atoms with Crippen molar-refractivity contribution in [1.29, 1.82) is 0 Å². The third-order valence-corrected chi connectivity index (χ3v) is 12.0. The summed E-state index contributed by atoms with van der Waals surface area (Å²) in [5.74, 6) is 0. The zero-order chi connectivity index (χ0) is 36.7. The molecule has 0 unspecified atom stereocenters. The van der Waals surface area contributed by atoms with E-state index >= 15 is 0 Å². The second-order valence-corrected chi connectivity index (χ2v) is 15.9. The number of hydrogen-bond donors (Lipinski definition) is 2. The predicted molar refractivity (Wildman–Crippen MR) is 234 cm³/mol. The van der Waals surface area contributed by atoms with Gasteiger partial charge in [0.05, 0.1) is 33.1 Å². The molecule has 0 radical (unpaired) electrons. The molecule has 280 valence electrons. The summed E-state index contributed by atoms with van der Waals surface area (Å²) in [5, 5.41) is 2.51. The van der Waals surface area contributed by atoms with Crippen LogP contribution in [0.4, 0.5) is 0 Å². The Hall–Kier alpha value is -4.70. The molecular weight excluding hydrogens is 657 g/mol. The number of hydrogen-bond acceptors (Lipinski definition) is 0. The summed E-state index contributed by atoms with van der Waals surface area (Å²) >= 11 is 0. The Bertz CT molecular complexity index is 2240. The van der Waals surface area contributed by atoms with E-state index in [4.69, 9.17) is 0 Å². The largest absolute Gasteiger partial charge is 0.351 e. The Balaban J connectivity index is 1.15. The van der Waals surface area contributed by atoms with Gasteiger partial charge in [-0.1, -0.05) is 164 Å². The zero-order valence-corrected chi connectivity index (χ0v) is 32.9. The number of nitrogens with one attached hydrogen (secondary N) is 2. The molecule has 4 heteroatoms. The van der Waals surface area contributed by atoms with E-state index in [0.29, 0.717) is 0 Å². The predicted octanol–water partition coefficient (Wildman–Crippen LogP) is 15.1. The van der Waals surface area contributed by atoms with E-state index in [9.17, 15) is 0 Å². The van der Waals surface area contributed by atoms with Crippen molar-refractivity contribution in [2.45, 2.75) is 129 Å². The first kappa shape index (κ1) is 36.3. The van der Waals surface area contributed by atoms with Crippen molar-refractivity contribution < 1.29 is 0 Å². The Morgan fingerprint density at radius 3 is 1.11 bits per heavy atom. The molecule has 8 rings (SSSR count). The van der Waals surface area contributed by atoms with Gasteiger partial charge >= 0.3 is 0 Å². The normalized spacial score (nSPS) is 12.1. The van der Waals surface area contributed by atoms with Gasteiger partial charge in [0.25, 0.3) is 0 Å². The van der Waals surface area contributed by atoms with Crippen LogP contribution in [-0.2, 0) is 12.8 Å². The molecule has 0 aliphatic heterocycles. The summed E-state index contributed by atoms with van der Waals surface area (Å²) < 4.78 is 5.04. The molecule has 4 heterocycles. The van der Waals surface area contributed by atoms with Crippen LogP contribution in [0.2, 0.25) is 0 Å². The molecule has 0 saturated carbocycles. The molecule has 0 bridgehead atoms. The maximum Gasteiger partial charge on any atom is 0.0986 e. The van der Waals surface area contributed by atoms with Gasteiger partial charge in [0.15, 0.2) is 0 Å². The van der Waals surface area contributed by atoms with Gasteiger partial charge in [-0.05, 0) is 73.2 Å². The summed E-state index contributed by atoms with van der Waals surface area (Å²) in [7, 11) is 0. The van der Waals surface area contributed by atoms with Gasteiger partial charge < -0.3 is 19.1 Å². The number of aromatic nitrogens is 4. The summed E-state index contributed by atoms with van der Waals surface area (Å²) in [6, 6.07) is 36.5. The number of H-pyrrole nitrogens is 2. The topological polar surface area (TPSA) is 41.4 Å². The molecule has 0 atom stereocenters. The minimum atomic E-state index is 1.15. The smallest absolute Gasteiger partial charge is 0.0986 e. The van der Waals surface area contributed by atoms with E-state index in [1.165, 1.54) is 180 Å². The van der Waals surface area contributed by atoms with E-state index in [2.05, 4.69) is 130 Å². The third-order valence-electron chi connectivity index (χ3n) is 12.0. The summed E-state index contributed by atoms with van der Waals surface area (Å²) in [5.41, 5.74) is 14.9. The van der Waals surface area contributed by atoms with Gasteiger partial charge in [0, 0.05) is 33.2 Å². The monoisotopic (exact) mass is 716 g/mol. The van der Waals surface area contributed by atoms with Crippen LogP contribution in [0.15, 0.2) is 97.1 Å². The van der Waals surface area contributed by atoms with Gasteiger partial charge in [-0.2, -0.15) is 0 Å². The number of aromatic amines is 2. The van der Waals surface area contributed by atoms with E-state index in [-0.39, 0.29) is 0 Å². The second kappa shape index (κ2) is 17.2. The van der Waals surface area contributed by atoms with Gasteiger partial charge in [-0.25, -0.2) is 0 Å². The van der Waals surface area contributed by atoms with Crippen LogP contribution < -0.4 is 0 Å². The Kier molecular flexibility index (Phi) is 11.5. The van der Waals surface area contributed by atoms with Crippen LogP contribution in [0.5, 0.6) is 0 Å². The first-order valence-corrected chi connectivity index (χ1v) is 21.5. The molecular formula is C50H60N4.